The molecule has 0 bridgehead atoms. The number of hydrogen-bond donors (Lipinski definition) is 1. The van der Waals surface area contributed by atoms with Crippen LogP contribution in [0.1, 0.15) is 50.0 Å². The topological polar surface area (TPSA) is 50.2 Å². The van der Waals surface area contributed by atoms with E-state index in [4.69, 9.17) is 0 Å². The highest BCUT2D eigenvalue weighted by molar-refractivity contribution is 5.82. The minimum Gasteiger partial charge on any atom is -0.481 e. The quantitative estimate of drug-likeness (QED) is 0.907. The van der Waals surface area contributed by atoms with Gasteiger partial charge in [-0.15, -0.1) is 0 Å². The molecular formula is C19H20FNO2. The molecule has 0 atom stereocenters. The number of hydrogen-bond acceptors (Lipinski definition) is 2. The first kappa shape index (κ1) is 14.6. The highest BCUT2D eigenvalue weighted by atomic mass is 19.1. The molecule has 2 fully saturated rings. The number of carbonyl (C=O) groups is 1. The van der Waals surface area contributed by atoms with E-state index in [1.165, 1.54) is 6.07 Å². The summed E-state index contributed by atoms with van der Waals surface area (Å²) in [5.74, 6) is -0.162. The van der Waals surface area contributed by atoms with E-state index >= 15 is 0 Å². The van der Waals surface area contributed by atoms with Crippen LogP contribution in [0.5, 0.6) is 0 Å². The van der Waals surface area contributed by atoms with Gasteiger partial charge in [0, 0.05) is 11.6 Å². The maximum Gasteiger partial charge on any atom is 0.309 e. The molecule has 0 spiro atoms. The van der Waals surface area contributed by atoms with Crippen molar-refractivity contribution in [1.82, 2.24) is 4.98 Å². The van der Waals surface area contributed by atoms with E-state index in [1.54, 1.807) is 18.3 Å². The number of carboxylic acids is 1. The van der Waals surface area contributed by atoms with Gasteiger partial charge in [0.1, 0.15) is 5.82 Å². The average Bonchev–Trinajstić information content (AvgIpc) is 3.36. The first-order valence-electron chi connectivity index (χ1n) is 8.38. The number of aromatic nitrogens is 1. The number of halogens is 1. The van der Waals surface area contributed by atoms with Crippen LogP contribution in [0.25, 0.3) is 10.9 Å². The predicted molar refractivity (Wildman–Crippen MR) is 85.7 cm³/mol. The summed E-state index contributed by atoms with van der Waals surface area (Å²) in [5.41, 5.74) is 1.56. The number of aliphatic carboxylic acids is 1. The molecule has 0 saturated heterocycles. The van der Waals surface area contributed by atoms with Crippen molar-refractivity contribution in [1.29, 1.82) is 0 Å². The lowest BCUT2D eigenvalue weighted by Crippen LogP contribution is -2.28. The second kappa shape index (κ2) is 5.29. The van der Waals surface area contributed by atoms with Crippen molar-refractivity contribution in [2.24, 2.45) is 11.3 Å². The maximum atomic E-state index is 13.6. The molecule has 3 nitrogen and oxygen atoms in total. The van der Waals surface area contributed by atoms with Gasteiger partial charge < -0.3 is 5.11 Å². The lowest BCUT2D eigenvalue weighted by molar-refractivity contribution is -0.146. The van der Waals surface area contributed by atoms with Gasteiger partial charge in [0.15, 0.2) is 0 Å². The number of carboxylic acid groups (broad SMARTS) is 1. The normalized spacial score (nSPS) is 26.1. The Labute approximate surface area is 134 Å². The Hall–Kier alpha value is -1.97. The van der Waals surface area contributed by atoms with E-state index < -0.39 is 11.4 Å². The Morgan fingerprint density at radius 1 is 1.17 bits per heavy atom. The molecule has 1 aromatic heterocycles. The van der Waals surface area contributed by atoms with Crippen molar-refractivity contribution in [3.63, 3.8) is 0 Å². The van der Waals surface area contributed by atoms with E-state index in [0.29, 0.717) is 11.8 Å². The SMILES string of the molecule is O=C(O)C1(C2CCC(c3ccnc4ccc(F)cc34)CC2)CC1. The van der Waals surface area contributed by atoms with Crippen molar-refractivity contribution < 1.29 is 14.3 Å². The summed E-state index contributed by atoms with van der Waals surface area (Å²) in [6.07, 6.45) is 7.33. The molecule has 2 saturated carbocycles. The van der Waals surface area contributed by atoms with Gasteiger partial charge in [-0.25, -0.2) is 4.39 Å². The second-order valence-corrected chi connectivity index (χ2v) is 7.07. The van der Waals surface area contributed by atoms with Crippen LogP contribution in [0, 0.1) is 17.2 Å². The standard InChI is InChI=1S/C19H20FNO2/c20-14-5-6-17-16(11-14)15(7-10-21-17)12-1-3-13(4-2-12)19(8-9-19)18(22)23/h5-7,10-13H,1-4,8-9H2,(H,22,23). The molecule has 4 heteroatoms. The van der Waals surface area contributed by atoms with Gasteiger partial charge in [0.2, 0.25) is 0 Å². The molecule has 120 valence electrons. The van der Waals surface area contributed by atoms with Crippen LogP contribution in [0.3, 0.4) is 0 Å². The molecule has 0 aliphatic heterocycles. The third kappa shape index (κ3) is 2.41. The summed E-state index contributed by atoms with van der Waals surface area (Å²) in [6, 6.07) is 6.74. The van der Waals surface area contributed by atoms with Crippen LogP contribution in [0.15, 0.2) is 30.5 Å². The Morgan fingerprint density at radius 3 is 2.57 bits per heavy atom. The lowest BCUT2D eigenvalue weighted by atomic mass is 9.72. The highest BCUT2D eigenvalue weighted by Crippen LogP contribution is 2.58. The van der Waals surface area contributed by atoms with Gasteiger partial charge in [0.05, 0.1) is 10.9 Å². The van der Waals surface area contributed by atoms with E-state index in [0.717, 1.165) is 55.0 Å². The fourth-order valence-electron chi connectivity index (χ4n) is 4.38. The monoisotopic (exact) mass is 313 g/mol. The van der Waals surface area contributed by atoms with Crippen LogP contribution in [0.2, 0.25) is 0 Å². The lowest BCUT2D eigenvalue weighted by Gasteiger charge is -2.32. The van der Waals surface area contributed by atoms with E-state index in [1.807, 2.05) is 6.07 Å². The molecule has 1 aromatic carbocycles. The predicted octanol–water partition coefficient (Wildman–Crippen LogP) is 4.51. The average molecular weight is 313 g/mol. The van der Waals surface area contributed by atoms with Crippen LogP contribution in [-0.4, -0.2) is 16.1 Å². The van der Waals surface area contributed by atoms with Gasteiger partial charge >= 0.3 is 5.97 Å². The minimum absolute atomic E-state index is 0.233. The van der Waals surface area contributed by atoms with Crippen LogP contribution >= 0.6 is 0 Å². The van der Waals surface area contributed by atoms with Crippen LogP contribution < -0.4 is 0 Å². The third-order valence-corrected chi connectivity index (χ3v) is 5.90. The zero-order chi connectivity index (χ0) is 16.0. The molecule has 1 N–H and O–H groups in total. The molecule has 2 aromatic rings. The van der Waals surface area contributed by atoms with Gasteiger partial charge in [-0.05, 0) is 80.2 Å². The second-order valence-electron chi connectivity index (χ2n) is 7.07. The summed E-state index contributed by atoms with van der Waals surface area (Å²) in [4.78, 5) is 15.8. The van der Waals surface area contributed by atoms with Crippen molar-refractivity contribution in [2.75, 3.05) is 0 Å². The summed E-state index contributed by atoms with van der Waals surface area (Å²) < 4.78 is 13.6. The van der Waals surface area contributed by atoms with E-state index in [-0.39, 0.29) is 5.82 Å². The number of pyridine rings is 1. The summed E-state index contributed by atoms with van der Waals surface area (Å²) >= 11 is 0. The van der Waals surface area contributed by atoms with Gasteiger partial charge in [0.25, 0.3) is 0 Å². The summed E-state index contributed by atoms with van der Waals surface area (Å²) in [6.45, 7) is 0. The number of fused-ring (bicyclic) bond motifs is 1. The number of nitrogens with zero attached hydrogens (tertiary/aromatic N) is 1. The van der Waals surface area contributed by atoms with Crippen molar-refractivity contribution in [3.05, 3.63) is 41.8 Å². The van der Waals surface area contributed by atoms with Crippen LogP contribution in [-0.2, 0) is 4.79 Å². The first-order chi connectivity index (χ1) is 11.1. The Kier molecular flexibility index (Phi) is 3.36. The maximum absolute atomic E-state index is 13.6. The summed E-state index contributed by atoms with van der Waals surface area (Å²) in [7, 11) is 0. The first-order valence-corrected chi connectivity index (χ1v) is 8.38. The Bertz CT molecular complexity index is 761. The molecule has 0 radical (unpaired) electrons. The molecular weight excluding hydrogens is 293 g/mol. The van der Waals surface area contributed by atoms with Crippen molar-refractivity contribution in [3.8, 4) is 0 Å². The van der Waals surface area contributed by atoms with E-state index in [2.05, 4.69) is 4.98 Å². The molecule has 23 heavy (non-hydrogen) atoms. The summed E-state index contributed by atoms with van der Waals surface area (Å²) in [5, 5.41) is 10.4. The number of benzene rings is 1. The Morgan fingerprint density at radius 2 is 1.91 bits per heavy atom. The molecule has 2 aliphatic rings. The van der Waals surface area contributed by atoms with E-state index in [9.17, 15) is 14.3 Å². The molecule has 0 amide bonds. The smallest absolute Gasteiger partial charge is 0.309 e. The molecule has 0 unspecified atom stereocenters. The third-order valence-electron chi connectivity index (χ3n) is 5.90. The zero-order valence-corrected chi connectivity index (χ0v) is 13.0. The van der Waals surface area contributed by atoms with Crippen LogP contribution in [0.4, 0.5) is 4.39 Å². The Balaban J connectivity index is 1.57. The fraction of sp³-hybridized carbons (Fsp3) is 0.474. The minimum atomic E-state index is -0.614. The largest absolute Gasteiger partial charge is 0.481 e. The molecule has 4 rings (SSSR count). The van der Waals surface area contributed by atoms with Gasteiger partial charge in [-0.3, -0.25) is 9.78 Å². The zero-order valence-electron chi connectivity index (χ0n) is 13.0. The fourth-order valence-corrected chi connectivity index (χ4v) is 4.38. The molecule has 1 heterocycles. The van der Waals surface area contributed by atoms with Crippen molar-refractivity contribution >= 4 is 16.9 Å². The molecule has 2 aliphatic carbocycles. The van der Waals surface area contributed by atoms with Crippen molar-refractivity contribution in [2.45, 2.75) is 44.4 Å². The number of rotatable bonds is 3. The van der Waals surface area contributed by atoms with Gasteiger partial charge in [-0.2, -0.15) is 0 Å². The highest BCUT2D eigenvalue weighted by Gasteiger charge is 2.56. The van der Waals surface area contributed by atoms with Gasteiger partial charge in [-0.1, -0.05) is 0 Å².